The maximum atomic E-state index is 8.12. The van der Waals surface area contributed by atoms with Gasteiger partial charge in [-0.15, -0.1) is 0 Å². The fourth-order valence-electron chi connectivity index (χ4n) is 3.84. The lowest BCUT2D eigenvalue weighted by Gasteiger charge is -2.35. The first-order valence-corrected chi connectivity index (χ1v) is 8.79. The quantitative estimate of drug-likeness (QED) is 0.669. The number of rotatable bonds is 3. The maximum absolute atomic E-state index is 8.12. The van der Waals surface area contributed by atoms with E-state index in [0.717, 1.165) is 11.5 Å². The third-order valence-electron chi connectivity index (χ3n) is 5.54. The zero-order valence-corrected chi connectivity index (χ0v) is 14.3. The van der Waals surface area contributed by atoms with E-state index in [1.807, 2.05) is 6.92 Å². The Kier molecular flexibility index (Phi) is 3.72. The Bertz CT molecular complexity index is 855. The van der Waals surface area contributed by atoms with E-state index in [0.29, 0.717) is 11.6 Å². The van der Waals surface area contributed by atoms with Crippen molar-refractivity contribution in [2.75, 3.05) is 0 Å². The number of fused-ring (bicyclic) bond motifs is 1. The average molecular weight is 313 g/mol. The molecule has 2 aromatic carbocycles. The summed E-state index contributed by atoms with van der Waals surface area (Å²) in [5.74, 6) is 1.48. The highest BCUT2D eigenvalue weighted by Gasteiger charge is 2.29. The fraction of sp³-hybridized carbons (Fsp3) is 0.261. The zero-order valence-electron chi connectivity index (χ0n) is 14.3. The lowest BCUT2D eigenvalue weighted by atomic mass is 9.69. The standard InChI is InChI=1S/C23H23N/c1-15-22(18-6-4-3-5-7-18)13-21(16(2)24)14-23(15)20-11-9-17-8-10-19(17)12-20/h3-7,9,11-14,17,19,24H,8,10H2,1-2H3/t17-,19?/m1/s1. The van der Waals surface area contributed by atoms with Gasteiger partial charge in [-0.05, 0) is 84.0 Å². The molecular weight excluding hydrogens is 290 g/mol. The molecule has 0 aliphatic heterocycles. The molecule has 1 nitrogen and oxygen atoms in total. The normalized spacial score (nSPS) is 21.7. The molecule has 1 fully saturated rings. The van der Waals surface area contributed by atoms with Gasteiger partial charge in [0.2, 0.25) is 0 Å². The van der Waals surface area contributed by atoms with E-state index >= 15 is 0 Å². The van der Waals surface area contributed by atoms with Gasteiger partial charge >= 0.3 is 0 Å². The van der Waals surface area contributed by atoms with Gasteiger partial charge in [0.25, 0.3) is 0 Å². The molecule has 0 radical (unpaired) electrons. The molecule has 0 heterocycles. The number of benzene rings is 2. The second kappa shape index (κ2) is 5.90. The third-order valence-corrected chi connectivity index (χ3v) is 5.54. The molecule has 4 rings (SSSR count). The van der Waals surface area contributed by atoms with Gasteiger partial charge < -0.3 is 5.41 Å². The molecule has 1 unspecified atom stereocenters. The van der Waals surface area contributed by atoms with Crippen molar-refractivity contribution in [3.8, 4) is 11.1 Å². The third kappa shape index (κ3) is 2.54. The van der Waals surface area contributed by atoms with Crippen LogP contribution >= 0.6 is 0 Å². The van der Waals surface area contributed by atoms with Crippen molar-refractivity contribution in [2.45, 2.75) is 26.7 Å². The summed E-state index contributed by atoms with van der Waals surface area (Å²) >= 11 is 0. The number of allylic oxidation sites excluding steroid dienone is 4. The van der Waals surface area contributed by atoms with Crippen molar-refractivity contribution in [1.29, 1.82) is 5.41 Å². The van der Waals surface area contributed by atoms with E-state index in [2.05, 4.69) is 67.6 Å². The fourth-order valence-corrected chi connectivity index (χ4v) is 3.84. The highest BCUT2D eigenvalue weighted by Crippen LogP contribution is 2.43. The molecule has 2 atom stereocenters. The predicted octanol–water partition coefficient (Wildman–Crippen LogP) is 6.03. The Morgan fingerprint density at radius 1 is 1.00 bits per heavy atom. The minimum Gasteiger partial charge on any atom is -0.305 e. The van der Waals surface area contributed by atoms with E-state index in [1.165, 1.54) is 40.7 Å². The van der Waals surface area contributed by atoms with Gasteiger partial charge in [0.05, 0.1) is 0 Å². The molecule has 1 N–H and O–H groups in total. The smallest absolute Gasteiger partial charge is 0.0355 e. The summed E-state index contributed by atoms with van der Waals surface area (Å²) in [6.07, 6.45) is 9.77. The van der Waals surface area contributed by atoms with Gasteiger partial charge in [-0.2, -0.15) is 0 Å². The number of hydrogen-bond acceptors (Lipinski definition) is 1. The summed E-state index contributed by atoms with van der Waals surface area (Å²) in [7, 11) is 0. The van der Waals surface area contributed by atoms with Crippen LogP contribution in [0.25, 0.3) is 16.7 Å². The molecule has 24 heavy (non-hydrogen) atoms. The van der Waals surface area contributed by atoms with Crippen molar-refractivity contribution >= 4 is 11.3 Å². The molecule has 1 saturated carbocycles. The zero-order chi connectivity index (χ0) is 16.7. The molecule has 1 heteroatoms. The summed E-state index contributed by atoms with van der Waals surface area (Å²) in [6.45, 7) is 4.08. The van der Waals surface area contributed by atoms with Gasteiger partial charge in [-0.1, -0.05) is 48.6 Å². The first kappa shape index (κ1) is 15.1. The Morgan fingerprint density at radius 2 is 1.71 bits per heavy atom. The van der Waals surface area contributed by atoms with E-state index in [-0.39, 0.29) is 0 Å². The monoisotopic (exact) mass is 313 g/mol. The molecule has 0 saturated heterocycles. The van der Waals surface area contributed by atoms with Crippen LogP contribution in [0, 0.1) is 24.2 Å². The predicted molar refractivity (Wildman–Crippen MR) is 102 cm³/mol. The van der Waals surface area contributed by atoms with Crippen LogP contribution in [-0.4, -0.2) is 5.71 Å². The van der Waals surface area contributed by atoms with Crippen LogP contribution in [0.4, 0.5) is 0 Å². The molecule has 2 aliphatic carbocycles. The van der Waals surface area contributed by atoms with Gasteiger partial charge in [0.15, 0.2) is 0 Å². The van der Waals surface area contributed by atoms with Gasteiger partial charge in [-0.25, -0.2) is 0 Å². The SMILES string of the molecule is CC(=N)c1cc(C2=CC3CC[C@@H]3C=C2)c(C)c(-c2ccccc2)c1. The topological polar surface area (TPSA) is 23.9 Å². The average Bonchev–Trinajstić information content (AvgIpc) is 2.57. The lowest BCUT2D eigenvalue weighted by Crippen LogP contribution is -2.24. The lowest BCUT2D eigenvalue weighted by molar-refractivity contribution is 0.284. The van der Waals surface area contributed by atoms with E-state index in [9.17, 15) is 0 Å². The van der Waals surface area contributed by atoms with Crippen LogP contribution in [-0.2, 0) is 0 Å². The second-order valence-corrected chi connectivity index (χ2v) is 7.07. The molecule has 0 bridgehead atoms. The van der Waals surface area contributed by atoms with Crippen LogP contribution in [0.2, 0.25) is 0 Å². The Hall–Kier alpha value is -2.41. The maximum Gasteiger partial charge on any atom is 0.0355 e. The van der Waals surface area contributed by atoms with E-state index < -0.39 is 0 Å². The Balaban J connectivity index is 1.88. The first-order valence-electron chi connectivity index (χ1n) is 8.79. The van der Waals surface area contributed by atoms with Crippen LogP contribution < -0.4 is 0 Å². The van der Waals surface area contributed by atoms with E-state index in [1.54, 1.807) is 0 Å². The molecule has 0 aromatic heterocycles. The van der Waals surface area contributed by atoms with Crippen molar-refractivity contribution in [2.24, 2.45) is 11.8 Å². The van der Waals surface area contributed by atoms with Crippen LogP contribution in [0.3, 0.4) is 0 Å². The highest BCUT2D eigenvalue weighted by molar-refractivity contribution is 5.99. The molecule has 2 aliphatic rings. The molecule has 0 amide bonds. The first-order chi connectivity index (χ1) is 11.6. The van der Waals surface area contributed by atoms with Gasteiger partial charge in [0.1, 0.15) is 0 Å². The second-order valence-electron chi connectivity index (χ2n) is 7.07. The number of hydrogen-bond donors (Lipinski definition) is 1. The molecule has 0 spiro atoms. The molecule has 120 valence electrons. The van der Waals surface area contributed by atoms with Crippen molar-refractivity contribution < 1.29 is 0 Å². The van der Waals surface area contributed by atoms with Crippen LogP contribution in [0.5, 0.6) is 0 Å². The summed E-state index contributed by atoms with van der Waals surface area (Å²) in [5.41, 5.74) is 8.00. The van der Waals surface area contributed by atoms with Gasteiger partial charge in [0, 0.05) is 5.71 Å². The van der Waals surface area contributed by atoms with Crippen LogP contribution in [0.1, 0.15) is 36.5 Å². The van der Waals surface area contributed by atoms with Crippen molar-refractivity contribution in [3.63, 3.8) is 0 Å². The Morgan fingerprint density at radius 3 is 2.33 bits per heavy atom. The molecular formula is C23H23N. The largest absolute Gasteiger partial charge is 0.305 e. The van der Waals surface area contributed by atoms with Gasteiger partial charge in [-0.3, -0.25) is 0 Å². The minimum absolute atomic E-state index is 0.621. The summed E-state index contributed by atoms with van der Waals surface area (Å²) < 4.78 is 0. The molecule has 2 aromatic rings. The summed E-state index contributed by atoms with van der Waals surface area (Å²) in [6, 6.07) is 14.9. The highest BCUT2D eigenvalue weighted by atomic mass is 14.4. The minimum atomic E-state index is 0.621. The summed E-state index contributed by atoms with van der Waals surface area (Å²) in [5, 5.41) is 8.12. The van der Waals surface area contributed by atoms with Crippen LogP contribution in [0.15, 0.2) is 60.7 Å². The van der Waals surface area contributed by atoms with Crippen molar-refractivity contribution in [3.05, 3.63) is 77.4 Å². The summed E-state index contributed by atoms with van der Waals surface area (Å²) in [4.78, 5) is 0. The van der Waals surface area contributed by atoms with E-state index in [4.69, 9.17) is 5.41 Å². The Labute approximate surface area is 144 Å². The van der Waals surface area contributed by atoms with Crippen molar-refractivity contribution in [1.82, 2.24) is 0 Å². The number of nitrogens with one attached hydrogen (secondary N) is 1.